The number of nitrogens with one attached hydrogen (secondary N) is 2. The summed E-state index contributed by atoms with van der Waals surface area (Å²) in [5, 5.41) is 2.99. The monoisotopic (exact) mass is 381 g/mol. The van der Waals surface area contributed by atoms with Crippen LogP contribution in [-0.4, -0.2) is 51.9 Å². The van der Waals surface area contributed by atoms with E-state index >= 15 is 0 Å². The normalized spacial score (nSPS) is 17.2. The number of sulfonamides is 1. The van der Waals surface area contributed by atoms with Crippen LogP contribution in [0.1, 0.15) is 45.6 Å². The van der Waals surface area contributed by atoms with Gasteiger partial charge in [0.05, 0.1) is 4.90 Å². The molecule has 1 fully saturated rings. The van der Waals surface area contributed by atoms with E-state index in [1.165, 1.54) is 0 Å². The Kier molecular flexibility index (Phi) is 6.82. The Labute approximate surface area is 157 Å². The van der Waals surface area contributed by atoms with Gasteiger partial charge in [-0.3, -0.25) is 4.79 Å². The molecule has 1 aromatic rings. The van der Waals surface area contributed by atoms with Crippen molar-refractivity contribution < 1.29 is 13.2 Å². The fourth-order valence-corrected chi connectivity index (χ4v) is 4.00. The Balaban J connectivity index is 1.81. The minimum absolute atomic E-state index is 0.0261. The van der Waals surface area contributed by atoms with Crippen LogP contribution in [0.25, 0.3) is 0 Å². The van der Waals surface area contributed by atoms with Gasteiger partial charge in [0.1, 0.15) is 0 Å². The SMILES string of the molecule is CN1CCC(NC(=O)CCNS(=O)(=O)c2ccc(C(C)(C)C)cc2)CC1. The van der Waals surface area contributed by atoms with Crippen molar-refractivity contribution in [2.45, 2.75) is 56.4 Å². The number of hydrogen-bond donors (Lipinski definition) is 2. The van der Waals surface area contributed by atoms with Crippen LogP contribution >= 0.6 is 0 Å². The number of likely N-dealkylation sites (tertiary alicyclic amines) is 1. The quantitative estimate of drug-likeness (QED) is 0.788. The summed E-state index contributed by atoms with van der Waals surface area (Å²) in [4.78, 5) is 14.5. The standard InChI is InChI=1S/C19H31N3O3S/c1-19(2,3)15-5-7-17(8-6-15)26(24,25)20-12-9-18(23)21-16-10-13-22(4)14-11-16/h5-8,16,20H,9-14H2,1-4H3,(H,21,23). The first-order valence-electron chi connectivity index (χ1n) is 9.16. The summed E-state index contributed by atoms with van der Waals surface area (Å²) < 4.78 is 27.2. The van der Waals surface area contributed by atoms with Crippen molar-refractivity contribution in [3.05, 3.63) is 29.8 Å². The largest absolute Gasteiger partial charge is 0.353 e. The Hall–Kier alpha value is -1.44. The van der Waals surface area contributed by atoms with Gasteiger partial charge in [0.25, 0.3) is 0 Å². The molecule has 26 heavy (non-hydrogen) atoms. The summed E-state index contributed by atoms with van der Waals surface area (Å²) in [6, 6.07) is 7.09. The van der Waals surface area contributed by atoms with Crippen LogP contribution < -0.4 is 10.0 Å². The molecule has 1 saturated heterocycles. The molecule has 0 saturated carbocycles. The maximum Gasteiger partial charge on any atom is 0.240 e. The number of amides is 1. The smallest absolute Gasteiger partial charge is 0.240 e. The van der Waals surface area contributed by atoms with E-state index in [1.807, 2.05) is 12.1 Å². The zero-order valence-corrected chi connectivity index (χ0v) is 17.0. The second-order valence-electron chi connectivity index (χ2n) is 8.07. The first-order valence-corrected chi connectivity index (χ1v) is 10.6. The van der Waals surface area contributed by atoms with E-state index in [0.29, 0.717) is 0 Å². The van der Waals surface area contributed by atoms with Gasteiger partial charge in [-0.05, 0) is 56.1 Å². The lowest BCUT2D eigenvalue weighted by Gasteiger charge is -2.29. The summed E-state index contributed by atoms with van der Waals surface area (Å²) >= 11 is 0. The molecule has 0 spiro atoms. The van der Waals surface area contributed by atoms with Crippen molar-refractivity contribution >= 4 is 15.9 Å². The molecule has 7 heteroatoms. The molecule has 0 radical (unpaired) electrons. The van der Waals surface area contributed by atoms with Crippen molar-refractivity contribution in [2.24, 2.45) is 0 Å². The molecule has 146 valence electrons. The van der Waals surface area contributed by atoms with Crippen molar-refractivity contribution in [1.29, 1.82) is 0 Å². The number of rotatable bonds is 6. The predicted molar refractivity (Wildman–Crippen MR) is 104 cm³/mol. The summed E-state index contributed by atoms with van der Waals surface area (Å²) in [6.07, 6.45) is 2.02. The van der Waals surface area contributed by atoms with Crippen molar-refractivity contribution in [3.8, 4) is 0 Å². The predicted octanol–water partition coefficient (Wildman–Crippen LogP) is 1.86. The van der Waals surface area contributed by atoms with E-state index in [-0.39, 0.29) is 35.2 Å². The highest BCUT2D eigenvalue weighted by Crippen LogP contribution is 2.23. The van der Waals surface area contributed by atoms with E-state index in [1.54, 1.807) is 12.1 Å². The van der Waals surface area contributed by atoms with Gasteiger partial charge in [-0.2, -0.15) is 0 Å². The van der Waals surface area contributed by atoms with Crippen LogP contribution in [0.5, 0.6) is 0 Å². The average molecular weight is 382 g/mol. The number of nitrogens with zero attached hydrogens (tertiary/aromatic N) is 1. The summed E-state index contributed by atoms with van der Waals surface area (Å²) in [5.74, 6) is -0.106. The van der Waals surface area contributed by atoms with Crippen LogP contribution in [0, 0.1) is 0 Å². The third-order valence-corrected chi connectivity index (χ3v) is 6.24. The Morgan fingerprint density at radius 3 is 2.27 bits per heavy atom. The third kappa shape index (κ3) is 6.07. The second kappa shape index (κ2) is 8.50. The number of carbonyl (C=O) groups is 1. The Bertz CT molecular complexity index is 701. The molecule has 1 heterocycles. The maximum atomic E-state index is 12.4. The maximum absolute atomic E-state index is 12.4. The average Bonchev–Trinajstić information content (AvgIpc) is 2.56. The molecular weight excluding hydrogens is 350 g/mol. The van der Waals surface area contributed by atoms with E-state index in [4.69, 9.17) is 0 Å². The minimum Gasteiger partial charge on any atom is -0.353 e. The van der Waals surface area contributed by atoms with Gasteiger partial charge in [-0.1, -0.05) is 32.9 Å². The number of carbonyl (C=O) groups excluding carboxylic acids is 1. The van der Waals surface area contributed by atoms with Gasteiger partial charge in [-0.25, -0.2) is 13.1 Å². The van der Waals surface area contributed by atoms with Gasteiger partial charge in [0.2, 0.25) is 15.9 Å². The lowest BCUT2D eigenvalue weighted by Crippen LogP contribution is -2.44. The molecular formula is C19H31N3O3S. The van der Waals surface area contributed by atoms with Crippen LogP contribution in [0.4, 0.5) is 0 Å². The zero-order valence-electron chi connectivity index (χ0n) is 16.2. The van der Waals surface area contributed by atoms with Gasteiger partial charge >= 0.3 is 0 Å². The van der Waals surface area contributed by atoms with E-state index in [2.05, 4.69) is 42.8 Å². The molecule has 1 amide bonds. The number of benzene rings is 1. The van der Waals surface area contributed by atoms with E-state index in [0.717, 1.165) is 31.5 Å². The van der Waals surface area contributed by atoms with Gasteiger partial charge in [0, 0.05) is 19.0 Å². The molecule has 1 aliphatic heterocycles. The molecule has 0 atom stereocenters. The first kappa shape index (κ1) is 20.9. The summed E-state index contributed by atoms with van der Waals surface area (Å²) in [7, 11) is -1.52. The highest BCUT2D eigenvalue weighted by Gasteiger charge is 2.20. The molecule has 0 aromatic heterocycles. The third-order valence-electron chi connectivity index (χ3n) is 4.76. The van der Waals surface area contributed by atoms with Crippen molar-refractivity contribution in [1.82, 2.24) is 14.9 Å². The molecule has 1 aliphatic rings. The molecule has 2 N–H and O–H groups in total. The lowest BCUT2D eigenvalue weighted by molar-refractivity contribution is -0.121. The molecule has 1 aromatic carbocycles. The van der Waals surface area contributed by atoms with Crippen molar-refractivity contribution in [2.75, 3.05) is 26.7 Å². The fourth-order valence-electron chi connectivity index (χ4n) is 2.97. The molecule has 0 aliphatic carbocycles. The second-order valence-corrected chi connectivity index (χ2v) is 9.83. The Morgan fingerprint density at radius 1 is 1.15 bits per heavy atom. The fraction of sp³-hybridized carbons (Fsp3) is 0.632. The van der Waals surface area contributed by atoms with Crippen LogP contribution in [0.2, 0.25) is 0 Å². The number of piperidine rings is 1. The van der Waals surface area contributed by atoms with Gasteiger partial charge in [0.15, 0.2) is 0 Å². The highest BCUT2D eigenvalue weighted by molar-refractivity contribution is 7.89. The molecule has 2 rings (SSSR count). The lowest BCUT2D eigenvalue weighted by atomic mass is 9.87. The Morgan fingerprint density at radius 2 is 1.73 bits per heavy atom. The summed E-state index contributed by atoms with van der Waals surface area (Å²) in [6.45, 7) is 8.29. The van der Waals surface area contributed by atoms with Gasteiger partial charge in [-0.15, -0.1) is 0 Å². The summed E-state index contributed by atoms with van der Waals surface area (Å²) in [5.41, 5.74) is 1.05. The first-order chi connectivity index (χ1) is 12.1. The molecule has 6 nitrogen and oxygen atoms in total. The van der Waals surface area contributed by atoms with Crippen LogP contribution in [0.3, 0.4) is 0 Å². The molecule has 0 bridgehead atoms. The minimum atomic E-state index is -3.60. The zero-order chi connectivity index (χ0) is 19.4. The molecule has 0 unspecified atom stereocenters. The van der Waals surface area contributed by atoms with Crippen molar-refractivity contribution in [3.63, 3.8) is 0 Å². The van der Waals surface area contributed by atoms with Gasteiger partial charge < -0.3 is 10.2 Å². The highest BCUT2D eigenvalue weighted by atomic mass is 32.2. The van der Waals surface area contributed by atoms with Crippen LogP contribution in [-0.2, 0) is 20.2 Å². The van der Waals surface area contributed by atoms with Crippen LogP contribution in [0.15, 0.2) is 29.2 Å². The van der Waals surface area contributed by atoms with E-state index in [9.17, 15) is 13.2 Å². The number of hydrogen-bond acceptors (Lipinski definition) is 4. The topological polar surface area (TPSA) is 78.5 Å². The van der Waals surface area contributed by atoms with E-state index < -0.39 is 10.0 Å².